The fourth-order valence-corrected chi connectivity index (χ4v) is 4.13. The third-order valence-corrected chi connectivity index (χ3v) is 6.32. The van der Waals surface area contributed by atoms with E-state index >= 15 is 0 Å². The first-order valence-corrected chi connectivity index (χ1v) is 11.0. The van der Waals surface area contributed by atoms with Crippen LogP contribution >= 0.6 is 0 Å². The van der Waals surface area contributed by atoms with Crippen molar-refractivity contribution in [2.75, 3.05) is 13.1 Å². The van der Waals surface area contributed by atoms with E-state index in [-0.39, 0.29) is 12.5 Å². The number of rotatable bonds is 6. The number of ether oxygens (including phenoxy) is 1. The van der Waals surface area contributed by atoms with Crippen LogP contribution in [0, 0.1) is 26.7 Å². The topological polar surface area (TPSA) is 55.6 Å². The minimum atomic E-state index is -0.0614. The van der Waals surface area contributed by atoms with Gasteiger partial charge in [-0.05, 0) is 74.8 Å². The van der Waals surface area contributed by atoms with Crippen molar-refractivity contribution in [2.24, 2.45) is 5.92 Å². The fourth-order valence-electron chi connectivity index (χ4n) is 4.13. The van der Waals surface area contributed by atoms with E-state index in [4.69, 9.17) is 9.26 Å². The molecular formula is C26H30N2O3. The van der Waals surface area contributed by atoms with Gasteiger partial charge in [-0.3, -0.25) is 4.79 Å². The lowest BCUT2D eigenvalue weighted by Gasteiger charge is -2.31. The second-order valence-corrected chi connectivity index (χ2v) is 8.53. The lowest BCUT2D eigenvalue weighted by molar-refractivity contribution is 0.0677. The molecule has 0 unspecified atom stereocenters. The molecular weight excluding hydrogens is 388 g/mol. The molecule has 31 heavy (non-hydrogen) atoms. The molecule has 1 aliphatic heterocycles. The highest BCUT2D eigenvalue weighted by Gasteiger charge is 2.28. The number of aryl methyl sites for hydroxylation is 3. The molecule has 0 spiro atoms. The number of carbonyl (C=O) groups excluding carboxylic acids is 1. The molecule has 1 fully saturated rings. The van der Waals surface area contributed by atoms with E-state index in [1.54, 1.807) is 0 Å². The molecule has 2 aromatic carbocycles. The van der Waals surface area contributed by atoms with Crippen LogP contribution in [0.2, 0.25) is 0 Å². The first kappa shape index (κ1) is 21.2. The van der Waals surface area contributed by atoms with Crippen LogP contribution < -0.4 is 4.74 Å². The molecule has 0 aliphatic carbocycles. The van der Waals surface area contributed by atoms with Gasteiger partial charge in [-0.15, -0.1) is 0 Å². The number of nitrogens with zero attached hydrogens (tertiary/aromatic N) is 2. The monoisotopic (exact) mass is 418 g/mol. The van der Waals surface area contributed by atoms with E-state index in [9.17, 15) is 4.79 Å². The van der Waals surface area contributed by atoms with Gasteiger partial charge in [0, 0.05) is 13.1 Å². The second-order valence-electron chi connectivity index (χ2n) is 8.53. The summed E-state index contributed by atoms with van der Waals surface area (Å²) in [6.07, 6.45) is 3.08. The van der Waals surface area contributed by atoms with Crippen molar-refractivity contribution in [2.45, 2.75) is 46.6 Å². The molecule has 0 radical (unpaired) electrons. The number of benzene rings is 2. The van der Waals surface area contributed by atoms with Crippen LogP contribution in [0.5, 0.6) is 5.75 Å². The lowest BCUT2D eigenvalue weighted by Crippen LogP contribution is -2.39. The Kier molecular flexibility index (Phi) is 6.40. The van der Waals surface area contributed by atoms with Gasteiger partial charge in [0.05, 0.1) is 5.56 Å². The third-order valence-electron chi connectivity index (χ3n) is 6.32. The molecule has 0 saturated carbocycles. The first-order valence-electron chi connectivity index (χ1n) is 11.0. The predicted octanol–water partition coefficient (Wildman–Crippen LogP) is 5.27. The van der Waals surface area contributed by atoms with Crippen LogP contribution in [0.15, 0.2) is 53.1 Å². The molecule has 0 N–H and O–H groups in total. The minimum Gasteiger partial charge on any atom is -0.489 e. The summed E-state index contributed by atoms with van der Waals surface area (Å²) in [6, 6.07) is 16.6. The van der Waals surface area contributed by atoms with Gasteiger partial charge in [0.25, 0.3) is 5.91 Å². The summed E-state index contributed by atoms with van der Waals surface area (Å²) in [4.78, 5) is 15.1. The summed E-state index contributed by atoms with van der Waals surface area (Å²) in [5, 5.41) is 4.08. The Bertz CT molecular complexity index is 1030. The summed E-state index contributed by atoms with van der Waals surface area (Å²) in [6.45, 7) is 7.73. The Hall–Kier alpha value is -3.08. The Morgan fingerprint density at radius 1 is 1.06 bits per heavy atom. The van der Waals surface area contributed by atoms with Crippen molar-refractivity contribution in [3.05, 3.63) is 82.2 Å². The fraction of sp³-hybridized carbons (Fsp3) is 0.385. The molecule has 1 aromatic heterocycles. The largest absolute Gasteiger partial charge is 0.489 e. The minimum absolute atomic E-state index is 0.0614. The molecule has 0 atom stereocenters. The Balaban J connectivity index is 1.37. The van der Waals surface area contributed by atoms with Crippen molar-refractivity contribution in [3.63, 3.8) is 0 Å². The summed E-state index contributed by atoms with van der Waals surface area (Å²) < 4.78 is 11.3. The van der Waals surface area contributed by atoms with Gasteiger partial charge in [-0.1, -0.05) is 41.6 Å². The number of carbonyl (C=O) groups is 1. The van der Waals surface area contributed by atoms with Gasteiger partial charge >= 0.3 is 0 Å². The lowest BCUT2D eigenvalue weighted by atomic mass is 9.90. The number of aromatic nitrogens is 1. The summed E-state index contributed by atoms with van der Waals surface area (Å²) in [7, 11) is 0. The van der Waals surface area contributed by atoms with Crippen LogP contribution in [0.4, 0.5) is 0 Å². The second kappa shape index (κ2) is 9.38. The van der Waals surface area contributed by atoms with Gasteiger partial charge in [0.2, 0.25) is 0 Å². The number of likely N-dealkylation sites (tertiary alicyclic amines) is 1. The van der Waals surface area contributed by atoms with Crippen molar-refractivity contribution in [3.8, 4) is 5.75 Å². The SMILES string of the molecule is Cc1ccc(OCc2c(C(=O)N3CCC(Cc4ccccc4)CC3)noc2C)cc1C. The van der Waals surface area contributed by atoms with Crippen molar-refractivity contribution >= 4 is 5.91 Å². The van der Waals surface area contributed by atoms with Gasteiger partial charge in [0.1, 0.15) is 18.1 Å². The zero-order chi connectivity index (χ0) is 21.8. The van der Waals surface area contributed by atoms with Crippen LogP contribution in [-0.2, 0) is 13.0 Å². The normalized spacial score (nSPS) is 14.6. The molecule has 2 heterocycles. The molecule has 3 aromatic rings. The van der Waals surface area contributed by atoms with Crippen molar-refractivity contribution < 1.29 is 14.1 Å². The summed E-state index contributed by atoms with van der Waals surface area (Å²) >= 11 is 0. The van der Waals surface area contributed by atoms with E-state index in [0.717, 1.165) is 43.7 Å². The maximum Gasteiger partial charge on any atom is 0.276 e. The van der Waals surface area contributed by atoms with E-state index < -0.39 is 0 Å². The van der Waals surface area contributed by atoms with Crippen molar-refractivity contribution in [1.29, 1.82) is 0 Å². The first-order chi connectivity index (χ1) is 15.0. The third kappa shape index (κ3) is 4.98. The van der Waals surface area contributed by atoms with E-state index in [2.05, 4.69) is 43.3 Å². The predicted molar refractivity (Wildman–Crippen MR) is 120 cm³/mol. The number of hydrogen-bond donors (Lipinski definition) is 0. The van der Waals surface area contributed by atoms with Gasteiger partial charge in [0.15, 0.2) is 5.69 Å². The maximum atomic E-state index is 13.2. The van der Waals surface area contributed by atoms with E-state index in [1.165, 1.54) is 16.7 Å². The van der Waals surface area contributed by atoms with Crippen LogP contribution in [0.3, 0.4) is 0 Å². The van der Waals surface area contributed by atoms with Gasteiger partial charge in [-0.25, -0.2) is 0 Å². The van der Waals surface area contributed by atoms with Crippen molar-refractivity contribution in [1.82, 2.24) is 10.1 Å². The zero-order valence-electron chi connectivity index (χ0n) is 18.6. The summed E-state index contributed by atoms with van der Waals surface area (Å²) in [5.74, 6) is 1.96. The smallest absolute Gasteiger partial charge is 0.276 e. The van der Waals surface area contributed by atoms with Crippen LogP contribution in [0.1, 0.15) is 51.3 Å². The van der Waals surface area contributed by atoms with E-state index in [1.807, 2.05) is 36.1 Å². The molecule has 5 heteroatoms. The highest BCUT2D eigenvalue weighted by molar-refractivity contribution is 5.93. The van der Waals surface area contributed by atoms with Gasteiger partial charge < -0.3 is 14.2 Å². The van der Waals surface area contributed by atoms with E-state index in [0.29, 0.717) is 17.4 Å². The molecule has 162 valence electrons. The number of piperidine rings is 1. The Morgan fingerprint density at radius 3 is 2.52 bits per heavy atom. The average molecular weight is 419 g/mol. The molecule has 5 nitrogen and oxygen atoms in total. The van der Waals surface area contributed by atoms with Crippen LogP contribution in [0.25, 0.3) is 0 Å². The molecule has 0 bridgehead atoms. The highest BCUT2D eigenvalue weighted by Crippen LogP contribution is 2.25. The highest BCUT2D eigenvalue weighted by atomic mass is 16.5. The van der Waals surface area contributed by atoms with Gasteiger partial charge in [-0.2, -0.15) is 0 Å². The average Bonchev–Trinajstić information content (AvgIpc) is 3.15. The zero-order valence-corrected chi connectivity index (χ0v) is 18.6. The molecule has 1 amide bonds. The quantitative estimate of drug-likeness (QED) is 0.547. The number of hydrogen-bond acceptors (Lipinski definition) is 4. The maximum absolute atomic E-state index is 13.2. The summed E-state index contributed by atoms with van der Waals surface area (Å²) in [5.41, 5.74) is 4.87. The molecule has 1 aliphatic rings. The molecule has 1 saturated heterocycles. The standard InChI is InChI=1S/C26H30N2O3/c1-18-9-10-23(15-19(18)2)30-17-24-20(3)31-27-25(24)26(29)28-13-11-22(12-14-28)16-21-7-5-4-6-8-21/h4-10,15,22H,11-14,16-17H2,1-3H3. The Labute approximate surface area is 184 Å². The number of amides is 1. The van der Waals surface area contributed by atoms with Crippen LogP contribution in [-0.4, -0.2) is 29.1 Å². The Morgan fingerprint density at radius 2 is 1.81 bits per heavy atom. The molecule has 4 rings (SSSR count).